The maximum Gasteiger partial charge on any atom is 0.269 e. The molecule has 132 valence electrons. The Balaban J connectivity index is 2.20. The van der Waals surface area contributed by atoms with Crippen molar-refractivity contribution in [1.29, 1.82) is 0 Å². The average molecular weight is 346 g/mol. The summed E-state index contributed by atoms with van der Waals surface area (Å²) >= 11 is 0. The molecule has 0 aromatic heterocycles. The Hall–Kier alpha value is -2.97. The first-order chi connectivity index (χ1) is 11.9. The standard InChI is InChI=1S/C17H18N2O6/c1-11(21)18-13-4-8-15(9-5-13)25-17(16(22)10-20)12-2-6-14(7-3-12)19(23)24/h2-9,16-17,20,22H,10H2,1H3,(H,18,21)/t16-,17+/m0/s1. The third-order valence-corrected chi connectivity index (χ3v) is 3.41. The second-order valence-corrected chi connectivity index (χ2v) is 5.34. The Morgan fingerprint density at radius 1 is 1.20 bits per heavy atom. The number of non-ortho nitro benzene ring substituents is 1. The summed E-state index contributed by atoms with van der Waals surface area (Å²) in [5, 5.41) is 32.6. The van der Waals surface area contributed by atoms with Gasteiger partial charge in [0, 0.05) is 24.7 Å². The molecular formula is C17H18N2O6. The predicted molar refractivity (Wildman–Crippen MR) is 90.3 cm³/mol. The van der Waals surface area contributed by atoms with Crippen LogP contribution in [0.5, 0.6) is 5.75 Å². The lowest BCUT2D eigenvalue weighted by molar-refractivity contribution is -0.384. The molecule has 25 heavy (non-hydrogen) atoms. The molecule has 2 atom stereocenters. The Kier molecular flexibility index (Phi) is 6.04. The van der Waals surface area contributed by atoms with Gasteiger partial charge in [-0.15, -0.1) is 0 Å². The van der Waals surface area contributed by atoms with E-state index in [4.69, 9.17) is 4.74 Å². The number of aliphatic hydroxyl groups excluding tert-OH is 2. The molecule has 0 aliphatic carbocycles. The van der Waals surface area contributed by atoms with Gasteiger partial charge in [0.1, 0.15) is 11.9 Å². The van der Waals surface area contributed by atoms with Gasteiger partial charge >= 0.3 is 0 Å². The van der Waals surface area contributed by atoms with Crippen LogP contribution in [0.1, 0.15) is 18.6 Å². The minimum atomic E-state index is -1.21. The zero-order valence-corrected chi connectivity index (χ0v) is 13.5. The minimum Gasteiger partial charge on any atom is -0.483 e. The van der Waals surface area contributed by atoms with Crippen LogP contribution in [0, 0.1) is 10.1 Å². The van der Waals surface area contributed by atoms with Gasteiger partial charge < -0.3 is 20.3 Å². The van der Waals surface area contributed by atoms with Crippen molar-refractivity contribution >= 4 is 17.3 Å². The fraction of sp³-hybridized carbons (Fsp3) is 0.235. The highest BCUT2D eigenvalue weighted by atomic mass is 16.6. The van der Waals surface area contributed by atoms with Crippen LogP contribution in [0.25, 0.3) is 0 Å². The molecule has 0 aliphatic heterocycles. The Morgan fingerprint density at radius 2 is 1.80 bits per heavy atom. The fourth-order valence-corrected chi connectivity index (χ4v) is 2.22. The number of carbonyl (C=O) groups is 1. The number of ether oxygens (including phenoxy) is 1. The van der Waals surface area contributed by atoms with Crippen molar-refractivity contribution in [3.8, 4) is 5.75 Å². The second kappa shape index (κ2) is 8.22. The Labute approximate surface area is 143 Å². The summed E-state index contributed by atoms with van der Waals surface area (Å²) in [6.07, 6.45) is -2.12. The van der Waals surface area contributed by atoms with Crippen LogP contribution in [-0.4, -0.2) is 33.8 Å². The quantitative estimate of drug-likeness (QED) is 0.521. The van der Waals surface area contributed by atoms with E-state index in [2.05, 4.69) is 5.32 Å². The lowest BCUT2D eigenvalue weighted by atomic mass is 10.0. The van der Waals surface area contributed by atoms with E-state index in [-0.39, 0.29) is 11.6 Å². The zero-order chi connectivity index (χ0) is 18.4. The van der Waals surface area contributed by atoms with Gasteiger partial charge in [-0.05, 0) is 42.0 Å². The van der Waals surface area contributed by atoms with E-state index < -0.39 is 23.7 Å². The van der Waals surface area contributed by atoms with Crippen LogP contribution in [0.15, 0.2) is 48.5 Å². The summed E-state index contributed by atoms with van der Waals surface area (Å²) in [5.74, 6) is 0.207. The molecule has 1 amide bonds. The van der Waals surface area contributed by atoms with Gasteiger partial charge in [0.25, 0.3) is 5.69 Å². The smallest absolute Gasteiger partial charge is 0.269 e. The highest BCUT2D eigenvalue weighted by molar-refractivity contribution is 5.88. The average Bonchev–Trinajstić information content (AvgIpc) is 2.60. The number of nitrogens with one attached hydrogen (secondary N) is 1. The van der Waals surface area contributed by atoms with Crippen molar-refractivity contribution in [2.24, 2.45) is 0 Å². The van der Waals surface area contributed by atoms with Gasteiger partial charge in [-0.1, -0.05) is 0 Å². The van der Waals surface area contributed by atoms with Crippen LogP contribution in [0.2, 0.25) is 0 Å². The number of anilines is 1. The predicted octanol–water partition coefficient (Wildman–Crippen LogP) is 2.03. The van der Waals surface area contributed by atoms with Gasteiger partial charge in [0.05, 0.1) is 11.5 Å². The summed E-state index contributed by atoms with van der Waals surface area (Å²) in [4.78, 5) is 21.2. The number of nitro groups is 1. The first kappa shape index (κ1) is 18.4. The van der Waals surface area contributed by atoms with Crippen LogP contribution >= 0.6 is 0 Å². The van der Waals surface area contributed by atoms with Crippen LogP contribution in [-0.2, 0) is 4.79 Å². The van der Waals surface area contributed by atoms with Gasteiger partial charge in [0.2, 0.25) is 5.91 Å². The lowest BCUT2D eigenvalue weighted by Gasteiger charge is -2.23. The van der Waals surface area contributed by atoms with Crippen molar-refractivity contribution < 1.29 is 24.7 Å². The zero-order valence-electron chi connectivity index (χ0n) is 13.5. The maximum absolute atomic E-state index is 11.0. The van der Waals surface area contributed by atoms with E-state index in [1.165, 1.54) is 31.2 Å². The molecular weight excluding hydrogens is 328 g/mol. The van der Waals surface area contributed by atoms with E-state index in [1.807, 2.05) is 0 Å². The molecule has 0 fully saturated rings. The maximum atomic E-state index is 11.0. The molecule has 3 N–H and O–H groups in total. The Morgan fingerprint density at radius 3 is 2.28 bits per heavy atom. The SMILES string of the molecule is CC(=O)Nc1ccc(O[C@H](c2ccc([N+](=O)[O-])cc2)[C@@H](O)CO)cc1. The van der Waals surface area contributed by atoms with Crippen LogP contribution < -0.4 is 10.1 Å². The number of aliphatic hydroxyl groups is 2. The number of hydrogen-bond acceptors (Lipinski definition) is 6. The largest absolute Gasteiger partial charge is 0.483 e. The highest BCUT2D eigenvalue weighted by Crippen LogP contribution is 2.27. The summed E-state index contributed by atoms with van der Waals surface area (Å²) < 4.78 is 5.72. The molecule has 0 saturated carbocycles. The van der Waals surface area contributed by atoms with E-state index in [0.29, 0.717) is 17.0 Å². The van der Waals surface area contributed by atoms with Crippen molar-refractivity contribution in [2.45, 2.75) is 19.1 Å². The summed E-state index contributed by atoms with van der Waals surface area (Å²) in [6.45, 7) is 0.859. The summed E-state index contributed by atoms with van der Waals surface area (Å²) in [7, 11) is 0. The molecule has 0 unspecified atom stereocenters. The number of nitrogens with zero attached hydrogens (tertiary/aromatic N) is 1. The van der Waals surface area contributed by atoms with Gasteiger partial charge in [0.15, 0.2) is 6.10 Å². The highest BCUT2D eigenvalue weighted by Gasteiger charge is 2.23. The van der Waals surface area contributed by atoms with Crippen molar-refractivity contribution in [1.82, 2.24) is 0 Å². The molecule has 0 radical (unpaired) electrons. The van der Waals surface area contributed by atoms with Gasteiger partial charge in [-0.2, -0.15) is 0 Å². The van der Waals surface area contributed by atoms with Crippen LogP contribution in [0.4, 0.5) is 11.4 Å². The van der Waals surface area contributed by atoms with E-state index in [0.717, 1.165) is 0 Å². The molecule has 0 bridgehead atoms. The minimum absolute atomic E-state index is 0.0827. The van der Waals surface area contributed by atoms with Crippen molar-refractivity contribution in [2.75, 3.05) is 11.9 Å². The summed E-state index contributed by atoms with van der Waals surface area (Å²) in [5.41, 5.74) is 0.994. The number of rotatable bonds is 7. The molecule has 0 heterocycles. The molecule has 8 nitrogen and oxygen atoms in total. The first-order valence-electron chi connectivity index (χ1n) is 7.48. The van der Waals surface area contributed by atoms with Gasteiger partial charge in [-0.3, -0.25) is 14.9 Å². The number of hydrogen-bond donors (Lipinski definition) is 3. The van der Waals surface area contributed by atoms with Gasteiger partial charge in [-0.25, -0.2) is 0 Å². The monoisotopic (exact) mass is 346 g/mol. The number of carbonyl (C=O) groups excluding carboxylic acids is 1. The molecule has 2 aromatic rings. The lowest BCUT2D eigenvalue weighted by Crippen LogP contribution is -2.27. The second-order valence-electron chi connectivity index (χ2n) is 5.34. The van der Waals surface area contributed by atoms with Crippen molar-refractivity contribution in [3.05, 3.63) is 64.2 Å². The third kappa shape index (κ3) is 5.00. The molecule has 8 heteroatoms. The number of nitro benzene ring substituents is 1. The molecule has 0 spiro atoms. The topological polar surface area (TPSA) is 122 Å². The summed E-state index contributed by atoms with van der Waals surface area (Å²) in [6, 6.07) is 12.0. The number of amides is 1. The first-order valence-corrected chi connectivity index (χ1v) is 7.48. The third-order valence-electron chi connectivity index (χ3n) is 3.41. The van der Waals surface area contributed by atoms with E-state index in [1.54, 1.807) is 24.3 Å². The fourth-order valence-electron chi connectivity index (χ4n) is 2.22. The van der Waals surface area contributed by atoms with E-state index >= 15 is 0 Å². The molecule has 0 saturated heterocycles. The van der Waals surface area contributed by atoms with Crippen LogP contribution in [0.3, 0.4) is 0 Å². The van der Waals surface area contributed by atoms with E-state index in [9.17, 15) is 25.1 Å². The Bertz CT molecular complexity index is 730. The molecule has 2 rings (SSSR count). The van der Waals surface area contributed by atoms with Crippen molar-refractivity contribution in [3.63, 3.8) is 0 Å². The normalized spacial score (nSPS) is 12.9. The molecule has 0 aliphatic rings. The number of benzene rings is 2. The molecule has 2 aromatic carbocycles.